The number of carbonyl (C=O) groups is 1. The molecule has 3 rings (SSSR count). The Morgan fingerprint density at radius 2 is 2.18 bits per heavy atom. The van der Waals surface area contributed by atoms with Gasteiger partial charge in [-0.3, -0.25) is 9.78 Å². The Morgan fingerprint density at radius 3 is 2.94 bits per heavy atom. The monoisotopic (exact) mass is 228 g/mol. The van der Waals surface area contributed by atoms with Gasteiger partial charge >= 0.3 is 0 Å². The first kappa shape index (κ1) is 10.2. The molecule has 2 N–H and O–H groups in total. The Balaban J connectivity index is 1.88. The van der Waals surface area contributed by atoms with E-state index in [4.69, 9.17) is 0 Å². The fraction of sp³-hybridized carbons (Fsp3) is 0.231. The van der Waals surface area contributed by atoms with Crippen LogP contribution in [0.2, 0.25) is 0 Å². The topological polar surface area (TPSA) is 62.2 Å². The lowest BCUT2D eigenvalue weighted by Crippen LogP contribution is -2.29. The number of pyridine rings is 1. The van der Waals surface area contributed by atoms with Crippen molar-refractivity contribution >= 4 is 22.5 Å². The lowest BCUT2D eigenvalue weighted by atomic mass is 10.2. The molecule has 1 fully saturated rings. The van der Waals surface area contributed by atoms with Gasteiger partial charge in [-0.2, -0.15) is 0 Å². The molecule has 0 unspecified atom stereocenters. The fourth-order valence-corrected chi connectivity index (χ4v) is 1.75. The van der Waals surface area contributed by atoms with Crippen LogP contribution in [0, 0.1) is 0 Å². The van der Waals surface area contributed by atoms with Crippen molar-refractivity contribution in [1.82, 2.24) is 4.98 Å². The van der Waals surface area contributed by atoms with Gasteiger partial charge in [0, 0.05) is 17.3 Å². The van der Waals surface area contributed by atoms with Crippen molar-refractivity contribution in [2.24, 2.45) is 0 Å². The average Bonchev–Trinajstić information content (AvgIpc) is 3.09. The summed E-state index contributed by atoms with van der Waals surface area (Å²) in [6, 6.07) is 9.28. The molecule has 1 saturated carbocycles. The molecule has 0 spiro atoms. The fourth-order valence-electron chi connectivity index (χ4n) is 1.75. The zero-order valence-electron chi connectivity index (χ0n) is 9.18. The summed E-state index contributed by atoms with van der Waals surface area (Å²) in [5.41, 5.74) is 0.440. The van der Waals surface area contributed by atoms with Crippen molar-refractivity contribution in [3.63, 3.8) is 0 Å². The summed E-state index contributed by atoms with van der Waals surface area (Å²) < 4.78 is 0. The number of aromatic nitrogens is 1. The van der Waals surface area contributed by atoms with E-state index >= 15 is 0 Å². The van der Waals surface area contributed by atoms with Gasteiger partial charge in [0.15, 0.2) is 0 Å². The number of aliphatic hydroxyl groups is 1. The van der Waals surface area contributed by atoms with Gasteiger partial charge in [-0.25, -0.2) is 0 Å². The van der Waals surface area contributed by atoms with E-state index in [0.29, 0.717) is 18.5 Å². The molecule has 0 saturated heterocycles. The Hall–Kier alpha value is -1.94. The van der Waals surface area contributed by atoms with Crippen LogP contribution < -0.4 is 5.32 Å². The third-order valence-electron chi connectivity index (χ3n) is 3.01. The number of amides is 1. The van der Waals surface area contributed by atoms with E-state index in [1.54, 1.807) is 12.3 Å². The summed E-state index contributed by atoms with van der Waals surface area (Å²) in [6.45, 7) is 0. The van der Waals surface area contributed by atoms with Crippen LogP contribution in [0.15, 0.2) is 36.5 Å². The summed E-state index contributed by atoms with van der Waals surface area (Å²) in [6.07, 6.45) is 2.83. The maximum atomic E-state index is 11.7. The molecule has 1 amide bonds. The van der Waals surface area contributed by atoms with E-state index in [2.05, 4.69) is 10.3 Å². The Kier molecular flexibility index (Phi) is 2.12. The quantitative estimate of drug-likeness (QED) is 0.822. The zero-order valence-corrected chi connectivity index (χ0v) is 9.18. The number of carbonyl (C=O) groups excluding carboxylic acids is 1. The number of hydrogen-bond donors (Lipinski definition) is 2. The Bertz CT molecular complexity index is 591. The molecule has 1 aliphatic rings. The highest BCUT2D eigenvalue weighted by molar-refractivity contribution is 6.00. The summed E-state index contributed by atoms with van der Waals surface area (Å²) >= 11 is 0. The van der Waals surface area contributed by atoms with E-state index in [9.17, 15) is 9.90 Å². The second-order valence-corrected chi connectivity index (χ2v) is 4.40. The predicted octanol–water partition coefficient (Wildman–Crippen LogP) is 1.70. The van der Waals surface area contributed by atoms with E-state index in [-0.39, 0.29) is 5.91 Å². The number of anilines is 1. The van der Waals surface area contributed by atoms with Crippen LogP contribution in [0.4, 0.5) is 5.69 Å². The molecule has 1 aromatic heterocycles. The number of fused-ring (bicyclic) bond motifs is 1. The van der Waals surface area contributed by atoms with Gasteiger partial charge in [0.05, 0.1) is 5.52 Å². The number of nitrogens with one attached hydrogen (secondary N) is 1. The van der Waals surface area contributed by atoms with Crippen LogP contribution in [0.5, 0.6) is 0 Å². The molecule has 0 bridgehead atoms. The van der Waals surface area contributed by atoms with Gasteiger partial charge in [-0.05, 0) is 37.1 Å². The average molecular weight is 228 g/mol. The molecule has 4 heteroatoms. The summed E-state index contributed by atoms with van der Waals surface area (Å²) in [5, 5.41) is 13.3. The smallest absolute Gasteiger partial charge is 0.256 e. The van der Waals surface area contributed by atoms with Gasteiger partial charge < -0.3 is 10.4 Å². The van der Waals surface area contributed by atoms with Crippen molar-refractivity contribution in [2.45, 2.75) is 18.4 Å². The van der Waals surface area contributed by atoms with Gasteiger partial charge in [0.25, 0.3) is 5.91 Å². The first-order chi connectivity index (χ1) is 8.17. The molecule has 0 atom stereocenters. The molecule has 1 aliphatic carbocycles. The minimum absolute atomic E-state index is 0.319. The summed E-state index contributed by atoms with van der Waals surface area (Å²) in [5.74, 6) is -0.319. The second-order valence-electron chi connectivity index (χ2n) is 4.40. The van der Waals surface area contributed by atoms with Crippen molar-refractivity contribution < 1.29 is 9.90 Å². The lowest BCUT2D eigenvalue weighted by molar-refractivity contribution is -0.125. The maximum absolute atomic E-state index is 11.7. The normalized spacial score (nSPS) is 16.8. The van der Waals surface area contributed by atoms with Crippen LogP contribution in [-0.2, 0) is 4.79 Å². The van der Waals surface area contributed by atoms with E-state index < -0.39 is 5.60 Å². The number of nitrogens with zero attached hydrogens (tertiary/aromatic N) is 1. The van der Waals surface area contributed by atoms with Gasteiger partial charge in [-0.1, -0.05) is 6.07 Å². The molecule has 0 radical (unpaired) electrons. The van der Waals surface area contributed by atoms with Crippen molar-refractivity contribution in [1.29, 1.82) is 0 Å². The van der Waals surface area contributed by atoms with E-state index in [1.807, 2.05) is 24.3 Å². The highest BCUT2D eigenvalue weighted by Gasteiger charge is 2.48. The molecule has 86 valence electrons. The molecule has 17 heavy (non-hydrogen) atoms. The first-order valence-corrected chi connectivity index (χ1v) is 5.56. The van der Waals surface area contributed by atoms with E-state index in [1.165, 1.54) is 0 Å². The first-order valence-electron chi connectivity index (χ1n) is 5.56. The zero-order chi connectivity index (χ0) is 11.9. The Labute approximate surface area is 98.3 Å². The van der Waals surface area contributed by atoms with Crippen LogP contribution in [-0.4, -0.2) is 21.6 Å². The standard InChI is InChI=1S/C13H12N2O2/c16-12(13(17)5-6-13)15-10-3-4-11-9(8-10)2-1-7-14-11/h1-4,7-8,17H,5-6H2,(H,15,16). The second kappa shape index (κ2) is 3.53. The molecule has 2 aromatic rings. The van der Waals surface area contributed by atoms with Gasteiger partial charge in [-0.15, -0.1) is 0 Å². The summed E-state index contributed by atoms with van der Waals surface area (Å²) in [7, 11) is 0. The molecular weight excluding hydrogens is 216 g/mol. The molecular formula is C13H12N2O2. The maximum Gasteiger partial charge on any atom is 0.256 e. The van der Waals surface area contributed by atoms with Crippen molar-refractivity contribution in [3.8, 4) is 0 Å². The highest BCUT2D eigenvalue weighted by Crippen LogP contribution is 2.36. The minimum Gasteiger partial charge on any atom is -0.380 e. The third-order valence-corrected chi connectivity index (χ3v) is 3.01. The summed E-state index contributed by atoms with van der Waals surface area (Å²) in [4.78, 5) is 15.9. The molecule has 4 nitrogen and oxygen atoms in total. The van der Waals surface area contributed by atoms with Crippen LogP contribution in [0.3, 0.4) is 0 Å². The van der Waals surface area contributed by atoms with Crippen molar-refractivity contribution in [2.75, 3.05) is 5.32 Å². The largest absolute Gasteiger partial charge is 0.380 e. The van der Waals surface area contributed by atoms with Crippen molar-refractivity contribution in [3.05, 3.63) is 36.5 Å². The van der Waals surface area contributed by atoms with Gasteiger partial charge in [0.2, 0.25) is 0 Å². The minimum atomic E-state index is -1.14. The molecule has 0 aliphatic heterocycles. The van der Waals surface area contributed by atoms with E-state index in [0.717, 1.165) is 10.9 Å². The molecule has 1 aromatic carbocycles. The highest BCUT2D eigenvalue weighted by atomic mass is 16.3. The number of rotatable bonds is 2. The lowest BCUT2D eigenvalue weighted by Gasteiger charge is -2.09. The predicted molar refractivity (Wildman–Crippen MR) is 64.6 cm³/mol. The Morgan fingerprint density at radius 1 is 1.35 bits per heavy atom. The van der Waals surface area contributed by atoms with Crippen LogP contribution >= 0.6 is 0 Å². The SMILES string of the molecule is O=C(Nc1ccc2ncccc2c1)C1(O)CC1. The van der Waals surface area contributed by atoms with Crippen LogP contribution in [0.1, 0.15) is 12.8 Å². The van der Waals surface area contributed by atoms with Gasteiger partial charge in [0.1, 0.15) is 5.60 Å². The third kappa shape index (κ3) is 1.87. The number of hydrogen-bond acceptors (Lipinski definition) is 3. The van der Waals surface area contributed by atoms with Crippen LogP contribution in [0.25, 0.3) is 10.9 Å². The molecule has 1 heterocycles. The number of benzene rings is 1.